The lowest BCUT2D eigenvalue weighted by molar-refractivity contribution is 0.707. The van der Waals surface area contributed by atoms with Crippen LogP contribution in [0.1, 0.15) is 16.6 Å². The average molecular weight is 254 g/mol. The van der Waals surface area contributed by atoms with E-state index in [-0.39, 0.29) is 6.04 Å². The van der Waals surface area contributed by atoms with Gasteiger partial charge >= 0.3 is 0 Å². The molecule has 0 saturated carbocycles. The summed E-state index contributed by atoms with van der Waals surface area (Å²) in [7, 11) is 0. The Morgan fingerprint density at radius 3 is 2.78 bits per heavy atom. The molecule has 0 fully saturated rings. The van der Waals surface area contributed by atoms with E-state index in [1.807, 2.05) is 24.3 Å². The molecule has 0 bridgehead atoms. The Balaban J connectivity index is 1.89. The Hall–Kier alpha value is -1.71. The quantitative estimate of drug-likeness (QED) is 0.776. The number of pyridine rings is 1. The molecule has 0 aliphatic carbocycles. The van der Waals surface area contributed by atoms with Gasteiger partial charge in [0.25, 0.3) is 0 Å². The summed E-state index contributed by atoms with van der Waals surface area (Å²) in [6.07, 6.45) is 0.850. The Bertz CT molecular complexity index is 646. The van der Waals surface area contributed by atoms with Crippen molar-refractivity contribution >= 4 is 22.2 Å². The molecule has 0 aliphatic heterocycles. The number of aromatic nitrogens is 1. The normalized spacial score (nSPS) is 12.7. The molecule has 1 atom stereocenters. The number of para-hydroxylation sites is 1. The van der Waals surface area contributed by atoms with E-state index in [1.165, 1.54) is 4.88 Å². The molecule has 0 aliphatic rings. The monoisotopic (exact) mass is 254 g/mol. The van der Waals surface area contributed by atoms with Crippen molar-refractivity contribution in [3.63, 3.8) is 0 Å². The molecule has 0 spiro atoms. The predicted molar refractivity (Wildman–Crippen MR) is 76.7 cm³/mol. The number of thiophene rings is 1. The number of benzene rings is 1. The van der Waals surface area contributed by atoms with E-state index >= 15 is 0 Å². The first-order valence-corrected chi connectivity index (χ1v) is 6.84. The minimum atomic E-state index is -0.0340. The van der Waals surface area contributed by atoms with E-state index in [2.05, 4.69) is 34.6 Å². The lowest BCUT2D eigenvalue weighted by Gasteiger charge is -2.10. The van der Waals surface area contributed by atoms with Gasteiger partial charge in [0, 0.05) is 16.7 Å². The number of nitrogens with two attached hydrogens (primary N) is 1. The maximum atomic E-state index is 6.22. The maximum Gasteiger partial charge on any atom is 0.0706 e. The van der Waals surface area contributed by atoms with Gasteiger partial charge < -0.3 is 5.73 Å². The molecule has 0 amide bonds. The van der Waals surface area contributed by atoms with E-state index < -0.39 is 0 Å². The van der Waals surface area contributed by atoms with Gasteiger partial charge in [-0.05, 0) is 23.6 Å². The van der Waals surface area contributed by atoms with Crippen molar-refractivity contribution in [3.05, 3.63) is 64.5 Å². The molecular weight excluding hydrogens is 240 g/mol. The highest BCUT2D eigenvalue weighted by molar-refractivity contribution is 7.09. The third-order valence-corrected chi connectivity index (χ3v) is 3.90. The summed E-state index contributed by atoms with van der Waals surface area (Å²) in [4.78, 5) is 5.94. The standard InChI is InChI=1S/C15H14N2S/c16-13(10-12-5-3-9-18-12)15-8-7-11-4-1-2-6-14(11)17-15/h1-9,13H,10,16H2. The first kappa shape index (κ1) is 11.4. The summed E-state index contributed by atoms with van der Waals surface area (Å²) in [6, 6.07) is 16.4. The second-order valence-electron chi connectivity index (χ2n) is 4.32. The highest BCUT2D eigenvalue weighted by atomic mass is 32.1. The van der Waals surface area contributed by atoms with Crippen LogP contribution in [0.25, 0.3) is 10.9 Å². The second kappa shape index (κ2) is 4.88. The van der Waals surface area contributed by atoms with Crippen LogP contribution < -0.4 is 5.73 Å². The van der Waals surface area contributed by atoms with Crippen molar-refractivity contribution in [3.8, 4) is 0 Å². The molecule has 3 heteroatoms. The minimum Gasteiger partial charge on any atom is -0.322 e. The summed E-state index contributed by atoms with van der Waals surface area (Å²) >= 11 is 1.74. The van der Waals surface area contributed by atoms with Gasteiger partial charge in [-0.3, -0.25) is 4.98 Å². The molecular formula is C15H14N2S. The molecule has 3 aromatic rings. The smallest absolute Gasteiger partial charge is 0.0706 e. The molecule has 1 unspecified atom stereocenters. The molecule has 2 nitrogen and oxygen atoms in total. The Labute approximate surface area is 110 Å². The van der Waals surface area contributed by atoms with Crippen LogP contribution >= 0.6 is 11.3 Å². The highest BCUT2D eigenvalue weighted by Crippen LogP contribution is 2.20. The lowest BCUT2D eigenvalue weighted by atomic mass is 10.1. The molecule has 18 heavy (non-hydrogen) atoms. The van der Waals surface area contributed by atoms with E-state index in [4.69, 9.17) is 5.73 Å². The zero-order chi connectivity index (χ0) is 12.4. The van der Waals surface area contributed by atoms with E-state index in [0.29, 0.717) is 0 Å². The van der Waals surface area contributed by atoms with E-state index in [0.717, 1.165) is 23.0 Å². The molecule has 3 rings (SSSR count). The van der Waals surface area contributed by atoms with Gasteiger partial charge in [0.15, 0.2) is 0 Å². The maximum absolute atomic E-state index is 6.22. The summed E-state index contributed by atoms with van der Waals surface area (Å²) in [5.74, 6) is 0. The van der Waals surface area contributed by atoms with Crippen LogP contribution in [0, 0.1) is 0 Å². The Morgan fingerprint density at radius 2 is 1.94 bits per heavy atom. The molecule has 0 saturated heterocycles. The first-order chi connectivity index (χ1) is 8.83. The number of nitrogens with zero attached hydrogens (tertiary/aromatic N) is 1. The molecule has 2 N–H and O–H groups in total. The predicted octanol–water partition coefficient (Wildman–Crippen LogP) is 3.54. The van der Waals surface area contributed by atoms with Crippen molar-refractivity contribution in [1.82, 2.24) is 4.98 Å². The van der Waals surface area contributed by atoms with Crippen LogP contribution in [-0.4, -0.2) is 4.98 Å². The Morgan fingerprint density at radius 1 is 1.06 bits per heavy atom. The van der Waals surface area contributed by atoms with Gasteiger partial charge in [-0.25, -0.2) is 0 Å². The number of fused-ring (bicyclic) bond motifs is 1. The molecule has 2 heterocycles. The second-order valence-corrected chi connectivity index (χ2v) is 5.35. The molecule has 90 valence electrons. The SMILES string of the molecule is NC(Cc1cccs1)c1ccc2ccccc2n1. The van der Waals surface area contributed by atoms with E-state index in [9.17, 15) is 0 Å². The van der Waals surface area contributed by atoms with Crippen LogP contribution in [0.5, 0.6) is 0 Å². The average Bonchev–Trinajstić information content (AvgIpc) is 2.91. The molecule has 1 aromatic carbocycles. The third kappa shape index (κ3) is 2.28. The molecule has 0 radical (unpaired) electrons. The molecule has 2 aromatic heterocycles. The number of hydrogen-bond donors (Lipinski definition) is 1. The van der Waals surface area contributed by atoms with Crippen molar-refractivity contribution in [2.75, 3.05) is 0 Å². The fourth-order valence-corrected chi connectivity index (χ4v) is 2.80. The van der Waals surface area contributed by atoms with Crippen molar-refractivity contribution in [2.24, 2.45) is 5.73 Å². The number of rotatable bonds is 3. The van der Waals surface area contributed by atoms with E-state index in [1.54, 1.807) is 11.3 Å². The van der Waals surface area contributed by atoms with Gasteiger partial charge in [-0.1, -0.05) is 30.3 Å². The fraction of sp³-hybridized carbons (Fsp3) is 0.133. The van der Waals surface area contributed by atoms with Crippen LogP contribution in [-0.2, 0) is 6.42 Å². The fourth-order valence-electron chi connectivity index (χ4n) is 2.04. The lowest BCUT2D eigenvalue weighted by Crippen LogP contribution is -2.14. The van der Waals surface area contributed by atoms with Gasteiger partial charge in [0.1, 0.15) is 0 Å². The van der Waals surface area contributed by atoms with Gasteiger partial charge in [-0.2, -0.15) is 0 Å². The summed E-state index contributed by atoms with van der Waals surface area (Å²) in [6.45, 7) is 0. The first-order valence-electron chi connectivity index (χ1n) is 5.96. The topological polar surface area (TPSA) is 38.9 Å². The van der Waals surface area contributed by atoms with Gasteiger partial charge in [0.05, 0.1) is 17.3 Å². The van der Waals surface area contributed by atoms with Gasteiger partial charge in [-0.15, -0.1) is 11.3 Å². The summed E-state index contributed by atoms with van der Waals surface area (Å²) in [5, 5.41) is 3.24. The van der Waals surface area contributed by atoms with Crippen LogP contribution in [0.15, 0.2) is 53.9 Å². The van der Waals surface area contributed by atoms with Crippen molar-refractivity contribution in [2.45, 2.75) is 12.5 Å². The van der Waals surface area contributed by atoms with Crippen LogP contribution in [0.2, 0.25) is 0 Å². The van der Waals surface area contributed by atoms with Crippen molar-refractivity contribution < 1.29 is 0 Å². The zero-order valence-corrected chi connectivity index (χ0v) is 10.7. The summed E-state index contributed by atoms with van der Waals surface area (Å²) in [5.41, 5.74) is 8.19. The zero-order valence-electron chi connectivity index (χ0n) is 9.91. The van der Waals surface area contributed by atoms with Crippen LogP contribution in [0.3, 0.4) is 0 Å². The largest absolute Gasteiger partial charge is 0.322 e. The third-order valence-electron chi connectivity index (χ3n) is 3.00. The van der Waals surface area contributed by atoms with Crippen molar-refractivity contribution in [1.29, 1.82) is 0 Å². The van der Waals surface area contributed by atoms with Crippen LogP contribution in [0.4, 0.5) is 0 Å². The highest BCUT2D eigenvalue weighted by Gasteiger charge is 2.09. The number of hydrogen-bond acceptors (Lipinski definition) is 3. The summed E-state index contributed by atoms with van der Waals surface area (Å²) < 4.78 is 0. The Kier molecular flexibility index (Phi) is 3.09. The van der Waals surface area contributed by atoms with Gasteiger partial charge in [0.2, 0.25) is 0 Å². The minimum absolute atomic E-state index is 0.0340.